The van der Waals surface area contributed by atoms with E-state index < -0.39 is 5.60 Å². The lowest BCUT2D eigenvalue weighted by molar-refractivity contribution is 0.0266. The maximum Gasteiger partial charge on any atom is 0.410 e. The SMILES string of the molecule is CC(C)(C)OC(=O)N1CC23CCCCC2(CNC3)C1. The number of ether oxygens (including phenoxy) is 1. The van der Waals surface area contributed by atoms with Crippen LogP contribution in [-0.4, -0.2) is 42.8 Å². The van der Waals surface area contributed by atoms with Crippen LogP contribution < -0.4 is 5.32 Å². The minimum absolute atomic E-state index is 0.123. The molecule has 0 aromatic rings. The summed E-state index contributed by atoms with van der Waals surface area (Å²) in [4.78, 5) is 14.3. The third-order valence-corrected chi connectivity index (χ3v) is 5.25. The zero-order valence-corrected chi connectivity index (χ0v) is 12.4. The van der Waals surface area contributed by atoms with Crippen molar-refractivity contribution in [1.29, 1.82) is 0 Å². The average Bonchev–Trinajstić information content (AvgIpc) is 2.78. The number of nitrogens with zero attached hydrogens (tertiary/aromatic N) is 1. The van der Waals surface area contributed by atoms with Crippen molar-refractivity contribution in [3.8, 4) is 0 Å². The Bertz CT molecular complexity index is 368. The molecule has 2 heterocycles. The van der Waals surface area contributed by atoms with Gasteiger partial charge in [-0.25, -0.2) is 4.79 Å². The number of nitrogens with one attached hydrogen (secondary N) is 1. The van der Waals surface area contributed by atoms with Crippen molar-refractivity contribution in [1.82, 2.24) is 10.2 Å². The first kappa shape index (κ1) is 13.2. The van der Waals surface area contributed by atoms with E-state index in [0.29, 0.717) is 10.8 Å². The lowest BCUT2D eigenvalue weighted by Crippen LogP contribution is -2.42. The first-order valence-electron chi connectivity index (χ1n) is 7.55. The van der Waals surface area contributed by atoms with Crippen LogP contribution in [0.3, 0.4) is 0 Å². The van der Waals surface area contributed by atoms with Gasteiger partial charge in [0.25, 0.3) is 0 Å². The molecule has 3 rings (SSSR count). The van der Waals surface area contributed by atoms with Crippen molar-refractivity contribution < 1.29 is 9.53 Å². The Morgan fingerprint density at radius 1 is 1.11 bits per heavy atom. The summed E-state index contributed by atoms with van der Waals surface area (Å²) in [6.45, 7) is 9.73. The molecule has 3 fully saturated rings. The van der Waals surface area contributed by atoms with Crippen LogP contribution in [0.15, 0.2) is 0 Å². The Labute approximate surface area is 115 Å². The van der Waals surface area contributed by atoms with Gasteiger partial charge in [0, 0.05) is 37.0 Å². The Balaban J connectivity index is 1.77. The number of amides is 1. The van der Waals surface area contributed by atoms with Gasteiger partial charge in [0.05, 0.1) is 0 Å². The molecule has 0 aromatic carbocycles. The average molecular weight is 266 g/mol. The lowest BCUT2D eigenvalue weighted by atomic mass is 9.60. The van der Waals surface area contributed by atoms with E-state index in [1.54, 1.807) is 0 Å². The largest absolute Gasteiger partial charge is 0.444 e. The number of carbonyl (C=O) groups excluding carboxylic acids is 1. The van der Waals surface area contributed by atoms with Gasteiger partial charge in [-0.3, -0.25) is 0 Å². The number of hydrogen-bond donors (Lipinski definition) is 1. The highest BCUT2D eigenvalue weighted by molar-refractivity contribution is 5.69. The number of likely N-dealkylation sites (tertiary alicyclic amines) is 1. The topological polar surface area (TPSA) is 41.6 Å². The smallest absolute Gasteiger partial charge is 0.410 e. The van der Waals surface area contributed by atoms with E-state index in [9.17, 15) is 4.79 Å². The van der Waals surface area contributed by atoms with Crippen molar-refractivity contribution in [2.45, 2.75) is 52.1 Å². The van der Waals surface area contributed by atoms with Gasteiger partial charge in [0.2, 0.25) is 0 Å². The lowest BCUT2D eigenvalue weighted by Gasteiger charge is -2.42. The molecule has 3 aliphatic rings. The third kappa shape index (κ3) is 2.04. The number of hydrogen-bond acceptors (Lipinski definition) is 3. The summed E-state index contributed by atoms with van der Waals surface area (Å²) in [5.74, 6) is 0. The van der Waals surface area contributed by atoms with Crippen molar-refractivity contribution in [2.24, 2.45) is 10.8 Å². The van der Waals surface area contributed by atoms with E-state index in [2.05, 4.69) is 5.32 Å². The second kappa shape index (κ2) is 4.11. The summed E-state index contributed by atoms with van der Waals surface area (Å²) >= 11 is 0. The molecule has 0 radical (unpaired) electrons. The summed E-state index contributed by atoms with van der Waals surface area (Å²) in [5.41, 5.74) is 0.248. The zero-order valence-electron chi connectivity index (χ0n) is 12.4. The molecule has 0 spiro atoms. The zero-order chi connectivity index (χ0) is 13.7. The highest BCUT2D eigenvalue weighted by atomic mass is 16.6. The monoisotopic (exact) mass is 266 g/mol. The Hall–Kier alpha value is -0.770. The summed E-state index contributed by atoms with van der Waals surface area (Å²) in [5, 5.41) is 3.58. The van der Waals surface area contributed by atoms with Crippen molar-refractivity contribution in [3.63, 3.8) is 0 Å². The van der Waals surface area contributed by atoms with Gasteiger partial charge in [-0.2, -0.15) is 0 Å². The van der Waals surface area contributed by atoms with E-state index in [-0.39, 0.29) is 6.09 Å². The molecule has 19 heavy (non-hydrogen) atoms. The number of rotatable bonds is 0. The van der Waals surface area contributed by atoms with E-state index >= 15 is 0 Å². The van der Waals surface area contributed by atoms with E-state index in [1.807, 2.05) is 25.7 Å². The van der Waals surface area contributed by atoms with Crippen LogP contribution >= 0.6 is 0 Å². The molecule has 108 valence electrons. The summed E-state index contributed by atoms with van der Waals surface area (Å²) in [6.07, 6.45) is 5.03. The molecule has 1 aliphatic carbocycles. The fourth-order valence-electron chi connectivity index (χ4n) is 4.40. The fraction of sp³-hybridized carbons (Fsp3) is 0.933. The predicted molar refractivity (Wildman–Crippen MR) is 74.0 cm³/mol. The van der Waals surface area contributed by atoms with E-state index in [1.165, 1.54) is 25.7 Å². The highest BCUT2D eigenvalue weighted by Gasteiger charge is 2.62. The van der Waals surface area contributed by atoms with Crippen LogP contribution in [0.25, 0.3) is 0 Å². The molecule has 2 atom stereocenters. The van der Waals surface area contributed by atoms with Crippen LogP contribution in [-0.2, 0) is 4.74 Å². The van der Waals surface area contributed by atoms with Gasteiger partial charge in [0.1, 0.15) is 5.60 Å². The second-order valence-electron chi connectivity index (χ2n) is 7.71. The molecule has 4 nitrogen and oxygen atoms in total. The number of carbonyl (C=O) groups is 1. The van der Waals surface area contributed by atoms with Gasteiger partial charge < -0.3 is 15.0 Å². The van der Waals surface area contributed by atoms with Gasteiger partial charge in [-0.1, -0.05) is 12.8 Å². The van der Waals surface area contributed by atoms with Crippen molar-refractivity contribution in [3.05, 3.63) is 0 Å². The molecule has 2 saturated heterocycles. The summed E-state index contributed by atoms with van der Waals surface area (Å²) in [7, 11) is 0. The van der Waals surface area contributed by atoms with Crippen LogP contribution in [0.4, 0.5) is 4.79 Å². The molecule has 0 bridgehead atoms. The maximum atomic E-state index is 12.3. The molecule has 2 unspecified atom stereocenters. The van der Waals surface area contributed by atoms with Crippen molar-refractivity contribution >= 4 is 6.09 Å². The fourth-order valence-corrected chi connectivity index (χ4v) is 4.40. The molecule has 0 aromatic heterocycles. The van der Waals surface area contributed by atoms with Crippen LogP contribution in [0.5, 0.6) is 0 Å². The maximum absolute atomic E-state index is 12.3. The van der Waals surface area contributed by atoms with Crippen LogP contribution in [0.2, 0.25) is 0 Å². The summed E-state index contributed by atoms with van der Waals surface area (Å²) < 4.78 is 5.55. The molecule has 2 aliphatic heterocycles. The van der Waals surface area contributed by atoms with E-state index in [4.69, 9.17) is 4.74 Å². The summed E-state index contributed by atoms with van der Waals surface area (Å²) in [6, 6.07) is 0. The highest BCUT2D eigenvalue weighted by Crippen LogP contribution is 2.57. The molecular formula is C15H26N2O2. The molecule has 1 amide bonds. The van der Waals surface area contributed by atoms with Gasteiger partial charge in [-0.05, 0) is 33.6 Å². The Morgan fingerprint density at radius 3 is 2.11 bits per heavy atom. The standard InChI is InChI=1S/C15H26N2O2/c1-13(2,3)19-12(18)17-10-14-6-4-5-7-15(14,11-17)9-16-8-14/h16H,4-11H2,1-3H3. The molecule has 1 N–H and O–H groups in total. The van der Waals surface area contributed by atoms with Crippen LogP contribution in [0.1, 0.15) is 46.5 Å². The van der Waals surface area contributed by atoms with Crippen molar-refractivity contribution in [2.75, 3.05) is 26.2 Å². The van der Waals surface area contributed by atoms with Gasteiger partial charge in [0.15, 0.2) is 0 Å². The van der Waals surface area contributed by atoms with Gasteiger partial charge in [-0.15, -0.1) is 0 Å². The predicted octanol–water partition coefficient (Wildman–Crippen LogP) is 2.39. The Kier molecular flexibility index (Phi) is 2.86. The minimum atomic E-state index is -0.395. The van der Waals surface area contributed by atoms with E-state index in [0.717, 1.165) is 26.2 Å². The first-order chi connectivity index (χ1) is 8.86. The normalized spacial score (nSPS) is 37.9. The second-order valence-corrected chi connectivity index (χ2v) is 7.71. The van der Waals surface area contributed by atoms with Crippen LogP contribution in [0, 0.1) is 10.8 Å². The first-order valence-corrected chi connectivity index (χ1v) is 7.55. The molecular weight excluding hydrogens is 240 g/mol. The third-order valence-electron chi connectivity index (χ3n) is 5.25. The molecule has 4 heteroatoms. The minimum Gasteiger partial charge on any atom is -0.444 e. The quantitative estimate of drug-likeness (QED) is 0.732. The van der Waals surface area contributed by atoms with Gasteiger partial charge >= 0.3 is 6.09 Å². The molecule has 1 saturated carbocycles. The Morgan fingerprint density at radius 2 is 1.63 bits per heavy atom.